The number of aromatic nitrogens is 2. The zero-order valence-corrected chi connectivity index (χ0v) is 11.9. The van der Waals surface area contributed by atoms with E-state index in [9.17, 15) is 4.79 Å². The van der Waals surface area contributed by atoms with Gasteiger partial charge in [0.1, 0.15) is 12.8 Å². The summed E-state index contributed by atoms with van der Waals surface area (Å²) in [4.78, 5) is 19.0. The first-order valence-electron chi connectivity index (χ1n) is 6.43. The highest BCUT2D eigenvalue weighted by atomic mass is 16.5. The lowest BCUT2D eigenvalue weighted by molar-refractivity contribution is 0.0988. The van der Waals surface area contributed by atoms with Crippen LogP contribution >= 0.6 is 0 Å². The quantitative estimate of drug-likeness (QED) is 0.855. The zero-order valence-electron chi connectivity index (χ0n) is 11.9. The smallest absolute Gasteiger partial charge is 0.286 e. The van der Waals surface area contributed by atoms with Crippen molar-refractivity contribution < 1.29 is 14.6 Å². The number of nitrogens with two attached hydrogens (primary N) is 1. The van der Waals surface area contributed by atoms with Crippen molar-refractivity contribution in [3.63, 3.8) is 0 Å². The minimum atomic E-state index is -0.758. The van der Waals surface area contributed by atoms with Gasteiger partial charge < -0.3 is 15.6 Å². The Morgan fingerprint density at radius 1 is 1.38 bits per heavy atom. The van der Waals surface area contributed by atoms with Crippen LogP contribution in [0.25, 0.3) is 11.1 Å². The Bertz CT molecular complexity index is 671. The molecule has 109 valence electrons. The SMILES string of the molecule is Cc1ccc(-c2[c]nc(C(N)=O)nc2OCCO)cc1C. The Morgan fingerprint density at radius 3 is 2.76 bits per heavy atom. The average Bonchev–Trinajstić information content (AvgIpc) is 2.47. The number of ether oxygens (including phenoxy) is 1. The maximum absolute atomic E-state index is 11.1. The summed E-state index contributed by atoms with van der Waals surface area (Å²) in [5, 5.41) is 8.88. The highest BCUT2D eigenvalue weighted by molar-refractivity contribution is 5.89. The first-order valence-corrected chi connectivity index (χ1v) is 6.43. The van der Waals surface area contributed by atoms with Gasteiger partial charge in [0.2, 0.25) is 11.7 Å². The molecule has 0 aliphatic heterocycles. The third-order valence-electron chi connectivity index (χ3n) is 3.04. The maximum Gasteiger partial charge on any atom is 0.286 e. The van der Waals surface area contributed by atoms with Crippen LogP contribution in [-0.2, 0) is 0 Å². The number of benzene rings is 1. The number of aliphatic hydroxyl groups is 1. The number of aliphatic hydroxyl groups excluding tert-OH is 1. The predicted octanol–water partition coefficient (Wildman–Crippen LogP) is 1.03. The summed E-state index contributed by atoms with van der Waals surface area (Å²) in [7, 11) is 0. The molecule has 6 nitrogen and oxygen atoms in total. The molecule has 3 N–H and O–H groups in total. The fraction of sp³-hybridized carbons (Fsp3) is 0.267. The van der Waals surface area contributed by atoms with Crippen LogP contribution < -0.4 is 10.5 Å². The van der Waals surface area contributed by atoms with Gasteiger partial charge >= 0.3 is 0 Å². The van der Waals surface area contributed by atoms with E-state index in [4.69, 9.17) is 15.6 Å². The molecule has 1 aromatic carbocycles. The van der Waals surface area contributed by atoms with Crippen molar-refractivity contribution in [2.45, 2.75) is 13.8 Å². The van der Waals surface area contributed by atoms with Crippen molar-refractivity contribution in [3.05, 3.63) is 41.3 Å². The number of carbonyl (C=O) groups excluding carboxylic acids is 1. The number of rotatable bonds is 5. The van der Waals surface area contributed by atoms with Gasteiger partial charge in [0.25, 0.3) is 5.91 Å². The van der Waals surface area contributed by atoms with Gasteiger partial charge in [-0.15, -0.1) is 0 Å². The van der Waals surface area contributed by atoms with Crippen LogP contribution in [0, 0.1) is 20.0 Å². The van der Waals surface area contributed by atoms with Gasteiger partial charge in [-0.3, -0.25) is 4.79 Å². The van der Waals surface area contributed by atoms with E-state index in [1.165, 1.54) is 0 Å². The summed E-state index contributed by atoms with van der Waals surface area (Å²) in [6.07, 6.45) is 2.74. The fourth-order valence-electron chi connectivity index (χ4n) is 1.78. The molecule has 1 radical (unpaired) electrons. The molecular formula is C15H16N3O3. The summed E-state index contributed by atoms with van der Waals surface area (Å²) in [5.74, 6) is -0.752. The molecular weight excluding hydrogens is 270 g/mol. The lowest BCUT2D eigenvalue weighted by Crippen LogP contribution is -2.16. The van der Waals surface area contributed by atoms with E-state index in [1.54, 1.807) is 0 Å². The molecule has 0 saturated carbocycles. The second-order valence-corrected chi connectivity index (χ2v) is 4.57. The summed E-state index contributed by atoms with van der Waals surface area (Å²) in [6.45, 7) is 3.90. The summed E-state index contributed by atoms with van der Waals surface area (Å²) in [6, 6.07) is 5.82. The normalized spacial score (nSPS) is 10.4. The Morgan fingerprint density at radius 2 is 2.14 bits per heavy atom. The summed E-state index contributed by atoms with van der Waals surface area (Å²) in [5.41, 5.74) is 8.76. The summed E-state index contributed by atoms with van der Waals surface area (Å²) < 4.78 is 5.36. The van der Waals surface area contributed by atoms with Crippen LogP contribution in [0.4, 0.5) is 0 Å². The summed E-state index contributed by atoms with van der Waals surface area (Å²) >= 11 is 0. The molecule has 0 spiro atoms. The molecule has 0 atom stereocenters. The first-order chi connectivity index (χ1) is 10.0. The predicted molar refractivity (Wildman–Crippen MR) is 76.9 cm³/mol. The molecule has 0 saturated heterocycles. The number of aryl methyl sites for hydroxylation is 2. The molecule has 2 aromatic rings. The highest BCUT2D eigenvalue weighted by Gasteiger charge is 2.14. The highest BCUT2D eigenvalue weighted by Crippen LogP contribution is 2.28. The second-order valence-electron chi connectivity index (χ2n) is 4.57. The molecule has 1 heterocycles. The van der Waals surface area contributed by atoms with Crippen molar-refractivity contribution >= 4 is 5.91 Å². The average molecular weight is 286 g/mol. The standard InChI is InChI=1S/C15H16N3O3/c1-9-3-4-11(7-10(9)2)12-8-17-14(13(16)20)18-15(12)21-6-5-19/h3-4,7,19H,5-6H2,1-2H3,(H2,16,20). The van der Waals surface area contributed by atoms with Crippen LogP contribution in [-0.4, -0.2) is 34.2 Å². The molecule has 1 amide bonds. The van der Waals surface area contributed by atoms with Crippen molar-refractivity contribution in [2.24, 2.45) is 5.73 Å². The lowest BCUT2D eigenvalue weighted by Gasteiger charge is -2.11. The molecule has 0 bridgehead atoms. The molecule has 6 heteroatoms. The van der Waals surface area contributed by atoms with Crippen LogP contribution in [0.3, 0.4) is 0 Å². The number of hydrogen-bond donors (Lipinski definition) is 2. The third-order valence-corrected chi connectivity index (χ3v) is 3.04. The van der Waals surface area contributed by atoms with E-state index in [1.807, 2.05) is 32.0 Å². The van der Waals surface area contributed by atoms with E-state index in [0.717, 1.165) is 16.7 Å². The number of hydrogen-bond acceptors (Lipinski definition) is 5. The Hall–Kier alpha value is -2.47. The number of carbonyl (C=O) groups is 1. The van der Waals surface area contributed by atoms with E-state index in [-0.39, 0.29) is 24.9 Å². The van der Waals surface area contributed by atoms with E-state index < -0.39 is 5.91 Å². The molecule has 21 heavy (non-hydrogen) atoms. The maximum atomic E-state index is 11.1. The molecule has 0 aliphatic rings. The van der Waals surface area contributed by atoms with Gasteiger partial charge in [0.15, 0.2) is 0 Å². The molecule has 0 aliphatic carbocycles. The minimum absolute atomic E-state index is 0.0564. The van der Waals surface area contributed by atoms with E-state index >= 15 is 0 Å². The number of primary amides is 1. The van der Waals surface area contributed by atoms with Crippen LogP contribution in [0.15, 0.2) is 18.2 Å². The third kappa shape index (κ3) is 3.35. The Kier molecular flexibility index (Phi) is 4.49. The van der Waals surface area contributed by atoms with Gasteiger partial charge in [-0.05, 0) is 30.5 Å². The number of amides is 1. The van der Waals surface area contributed by atoms with Crippen LogP contribution in [0.2, 0.25) is 0 Å². The minimum Gasteiger partial charge on any atom is -0.475 e. The van der Waals surface area contributed by atoms with E-state index in [0.29, 0.717) is 5.56 Å². The largest absolute Gasteiger partial charge is 0.475 e. The monoisotopic (exact) mass is 286 g/mol. The van der Waals surface area contributed by atoms with Gasteiger partial charge in [-0.2, -0.15) is 4.98 Å². The Balaban J connectivity index is 2.50. The van der Waals surface area contributed by atoms with Crippen molar-refractivity contribution in [1.29, 1.82) is 0 Å². The lowest BCUT2D eigenvalue weighted by atomic mass is 10.0. The topological polar surface area (TPSA) is 98.3 Å². The van der Waals surface area contributed by atoms with Crippen LogP contribution in [0.5, 0.6) is 5.88 Å². The van der Waals surface area contributed by atoms with Gasteiger partial charge in [0, 0.05) is 0 Å². The van der Waals surface area contributed by atoms with Crippen molar-refractivity contribution in [2.75, 3.05) is 13.2 Å². The molecule has 1 aromatic heterocycles. The first kappa shape index (κ1) is 14.9. The number of nitrogens with zero attached hydrogens (tertiary/aromatic N) is 2. The Labute approximate surface area is 122 Å². The van der Waals surface area contributed by atoms with Gasteiger partial charge in [-0.25, -0.2) is 4.98 Å². The molecule has 2 rings (SSSR count). The molecule has 0 fully saturated rings. The van der Waals surface area contributed by atoms with Gasteiger partial charge in [0.05, 0.1) is 12.2 Å². The van der Waals surface area contributed by atoms with Crippen LogP contribution in [0.1, 0.15) is 21.7 Å². The zero-order chi connectivity index (χ0) is 15.4. The van der Waals surface area contributed by atoms with Gasteiger partial charge in [-0.1, -0.05) is 18.2 Å². The second kappa shape index (κ2) is 6.32. The van der Waals surface area contributed by atoms with Crippen molar-refractivity contribution in [3.8, 4) is 17.0 Å². The van der Waals surface area contributed by atoms with E-state index in [2.05, 4.69) is 16.2 Å². The van der Waals surface area contributed by atoms with Crippen molar-refractivity contribution in [1.82, 2.24) is 9.97 Å². The fourth-order valence-corrected chi connectivity index (χ4v) is 1.78. The molecule has 0 unspecified atom stereocenters.